The minimum Gasteiger partial charge on any atom is -0.497 e. The summed E-state index contributed by atoms with van der Waals surface area (Å²) in [6.45, 7) is 2.80. The zero-order chi connectivity index (χ0) is 27.8. The fourth-order valence-electron chi connectivity index (χ4n) is 4.46. The number of hydrogen-bond acceptors (Lipinski definition) is 4. The number of aromatic amines is 1. The molecule has 0 atom stereocenters. The van der Waals surface area contributed by atoms with E-state index in [-0.39, 0.29) is 23.9 Å². The number of amides is 1. The van der Waals surface area contributed by atoms with Gasteiger partial charge < -0.3 is 14.6 Å². The van der Waals surface area contributed by atoms with Crippen molar-refractivity contribution < 1.29 is 17.9 Å². The second kappa shape index (κ2) is 13.2. The molecule has 39 heavy (non-hydrogen) atoms. The van der Waals surface area contributed by atoms with Crippen molar-refractivity contribution in [1.29, 1.82) is 0 Å². The third-order valence-corrected chi connectivity index (χ3v) is 8.85. The van der Waals surface area contributed by atoms with Gasteiger partial charge in [-0.05, 0) is 66.4 Å². The lowest BCUT2D eigenvalue weighted by atomic mass is 10.1. The van der Waals surface area contributed by atoms with Crippen LogP contribution in [0.1, 0.15) is 30.9 Å². The van der Waals surface area contributed by atoms with E-state index in [0.717, 1.165) is 34.2 Å². The molecule has 4 aromatic rings. The highest BCUT2D eigenvalue weighted by Gasteiger charge is 2.28. The summed E-state index contributed by atoms with van der Waals surface area (Å²) >= 11 is 5.98. The van der Waals surface area contributed by atoms with Crippen LogP contribution in [0.5, 0.6) is 5.75 Å². The summed E-state index contributed by atoms with van der Waals surface area (Å²) in [6, 6.07) is 21.7. The molecule has 0 bridgehead atoms. The van der Waals surface area contributed by atoms with Crippen LogP contribution in [0, 0.1) is 0 Å². The maximum atomic E-state index is 13.8. The molecular formula is C30H34ClN3O4S. The summed E-state index contributed by atoms with van der Waals surface area (Å²) in [5, 5.41) is 1.57. The molecule has 1 heterocycles. The Bertz CT molecular complexity index is 1480. The van der Waals surface area contributed by atoms with E-state index >= 15 is 0 Å². The Morgan fingerprint density at radius 2 is 1.69 bits per heavy atom. The quantitative estimate of drug-likeness (QED) is 0.218. The normalized spacial score (nSPS) is 11.7. The van der Waals surface area contributed by atoms with Crippen LogP contribution in [-0.2, 0) is 27.8 Å². The van der Waals surface area contributed by atoms with E-state index in [9.17, 15) is 13.2 Å². The maximum absolute atomic E-state index is 13.8. The molecule has 3 aromatic carbocycles. The molecule has 7 nitrogen and oxygen atoms in total. The third-order valence-electron chi connectivity index (χ3n) is 6.74. The number of halogens is 1. The van der Waals surface area contributed by atoms with Crippen molar-refractivity contribution in [3.05, 3.63) is 95.1 Å². The smallest absolute Gasteiger partial charge is 0.243 e. The number of fused-ring (bicyclic) bond motifs is 1. The molecular weight excluding hydrogens is 534 g/mol. The van der Waals surface area contributed by atoms with E-state index in [0.29, 0.717) is 31.0 Å². The molecule has 0 aliphatic heterocycles. The fraction of sp³-hybridized carbons (Fsp3) is 0.300. The number of hydrogen-bond donors (Lipinski definition) is 1. The number of aromatic nitrogens is 1. The summed E-state index contributed by atoms with van der Waals surface area (Å²) in [5.74, 6) is 0.481. The van der Waals surface area contributed by atoms with Gasteiger partial charge >= 0.3 is 0 Å². The van der Waals surface area contributed by atoms with Gasteiger partial charge in [0.2, 0.25) is 15.9 Å². The van der Waals surface area contributed by atoms with Crippen LogP contribution in [0.4, 0.5) is 0 Å². The Morgan fingerprint density at radius 3 is 2.38 bits per heavy atom. The Morgan fingerprint density at radius 1 is 0.974 bits per heavy atom. The molecule has 0 unspecified atom stereocenters. The van der Waals surface area contributed by atoms with E-state index in [4.69, 9.17) is 16.3 Å². The summed E-state index contributed by atoms with van der Waals surface area (Å²) in [4.78, 5) is 18.9. The van der Waals surface area contributed by atoms with Crippen LogP contribution in [-0.4, -0.2) is 55.3 Å². The van der Waals surface area contributed by atoms with Gasteiger partial charge in [-0.15, -0.1) is 0 Å². The fourth-order valence-corrected chi connectivity index (χ4v) is 6.02. The van der Waals surface area contributed by atoms with Crippen molar-refractivity contribution >= 4 is 38.4 Å². The van der Waals surface area contributed by atoms with E-state index in [1.165, 1.54) is 16.4 Å². The first kappa shape index (κ1) is 28.7. The minimum absolute atomic E-state index is 0.122. The lowest BCUT2D eigenvalue weighted by molar-refractivity contribution is -0.132. The van der Waals surface area contributed by atoms with Crippen LogP contribution >= 0.6 is 11.6 Å². The topological polar surface area (TPSA) is 82.7 Å². The predicted molar refractivity (Wildman–Crippen MR) is 156 cm³/mol. The maximum Gasteiger partial charge on any atom is 0.243 e. The highest BCUT2D eigenvalue weighted by atomic mass is 35.5. The molecule has 1 aromatic heterocycles. The predicted octanol–water partition coefficient (Wildman–Crippen LogP) is 5.89. The number of rotatable bonds is 13. The molecule has 1 N–H and O–H groups in total. The Labute approximate surface area is 235 Å². The first-order chi connectivity index (χ1) is 18.8. The molecule has 0 radical (unpaired) electrons. The Balaban J connectivity index is 1.58. The average molecular weight is 568 g/mol. The number of nitrogens with zero attached hydrogens (tertiary/aromatic N) is 2. The van der Waals surface area contributed by atoms with Crippen LogP contribution in [0.2, 0.25) is 5.02 Å². The summed E-state index contributed by atoms with van der Waals surface area (Å²) in [6.07, 6.45) is 4.05. The molecule has 0 saturated heterocycles. The van der Waals surface area contributed by atoms with Gasteiger partial charge in [0.1, 0.15) is 5.75 Å². The summed E-state index contributed by atoms with van der Waals surface area (Å²) in [7, 11) is -2.27. The number of carbonyl (C=O) groups excluding carboxylic acids is 1. The van der Waals surface area contributed by atoms with Crippen molar-refractivity contribution in [3.63, 3.8) is 0 Å². The minimum atomic E-state index is -3.88. The van der Waals surface area contributed by atoms with E-state index in [1.54, 1.807) is 24.1 Å². The number of para-hydroxylation sites is 1. The number of H-pyrrole nitrogens is 1. The van der Waals surface area contributed by atoms with Gasteiger partial charge in [-0.3, -0.25) is 4.79 Å². The standard InChI is InChI=1S/C30H34ClN3O4S/c1-3-4-18-34(39(36,37)27-15-11-25(31)12-16-27)22-30(35)33(21-23-9-13-26(38-2)14-10-23)19-17-24-20-32-29-8-6-5-7-28(24)29/h5-16,20,32H,3-4,17-19,21-22H2,1-2H3. The van der Waals surface area contributed by atoms with Crippen molar-refractivity contribution in [3.8, 4) is 5.75 Å². The number of carbonyl (C=O) groups is 1. The van der Waals surface area contributed by atoms with Crippen molar-refractivity contribution in [1.82, 2.24) is 14.2 Å². The van der Waals surface area contributed by atoms with Gasteiger partial charge in [-0.2, -0.15) is 4.31 Å². The summed E-state index contributed by atoms with van der Waals surface area (Å²) in [5.41, 5.74) is 3.08. The third kappa shape index (κ3) is 7.20. The summed E-state index contributed by atoms with van der Waals surface area (Å²) < 4.78 is 33.6. The number of unbranched alkanes of at least 4 members (excludes halogenated alkanes) is 1. The molecule has 0 aliphatic rings. The zero-order valence-electron chi connectivity index (χ0n) is 22.3. The highest BCUT2D eigenvalue weighted by Crippen LogP contribution is 2.22. The van der Waals surface area contributed by atoms with Crippen molar-refractivity contribution in [2.24, 2.45) is 0 Å². The first-order valence-electron chi connectivity index (χ1n) is 13.0. The first-order valence-corrected chi connectivity index (χ1v) is 14.8. The lowest BCUT2D eigenvalue weighted by Gasteiger charge is -2.27. The number of benzene rings is 3. The SMILES string of the molecule is CCCCN(CC(=O)N(CCc1c[nH]c2ccccc12)Cc1ccc(OC)cc1)S(=O)(=O)c1ccc(Cl)cc1. The van der Waals surface area contributed by atoms with Gasteiger partial charge in [0, 0.05) is 41.8 Å². The van der Waals surface area contributed by atoms with Crippen molar-refractivity contribution in [2.45, 2.75) is 37.6 Å². The highest BCUT2D eigenvalue weighted by molar-refractivity contribution is 7.89. The molecule has 0 aliphatic carbocycles. The number of sulfonamides is 1. The van der Waals surface area contributed by atoms with Crippen LogP contribution < -0.4 is 4.74 Å². The molecule has 0 spiro atoms. The van der Waals surface area contributed by atoms with E-state index < -0.39 is 10.0 Å². The number of nitrogens with one attached hydrogen (secondary N) is 1. The van der Waals surface area contributed by atoms with Crippen LogP contribution in [0.3, 0.4) is 0 Å². The largest absolute Gasteiger partial charge is 0.497 e. The molecule has 0 saturated carbocycles. The number of methoxy groups -OCH3 is 1. The molecule has 0 fully saturated rings. The van der Waals surface area contributed by atoms with E-state index in [1.807, 2.05) is 55.6 Å². The van der Waals surface area contributed by atoms with Crippen LogP contribution in [0.25, 0.3) is 10.9 Å². The Kier molecular flexibility index (Phi) is 9.67. The average Bonchev–Trinajstić information content (AvgIpc) is 3.36. The second-order valence-electron chi connectivity index (χ2n) is 9.42. The van der Waals surface area contributed by atoms with Gasteiger partial charge in [-0.25, -0.2) is 8.42 Å². The van der Waals surface area contributed by atoms with Gasteiger partial charge in [-0.1, -0.05) is 55.3 Å². The van der Waals surface area contributed by atoms with Gasteiger partial charge in [0.05, 0.1) is 18.6 Å². The molecule has 9 heteroatoms. The van der Waals surface area contributed by atoms with Crippen LogP contribution in [0.15, 0.2) is 83.9 Å². The van der Waals surface area contributed by atoms with Gasteiger partial charge in [0.25, 0.3) is 0 Å². The number of ether oxygens (including phenoxy) is 1. The van der Waals surface area contributed by atoms with E-state index in [2.05, 4.69) is 11.1 Å². The van der Waals surface area contributed by atoms with Gasteiger partial charge in [0.15, 0.2) is 0 Å². The Hall–Kier alpha value is -3.33. The van der Waals surface area contributed by atoms with Crippen molar-refractivity contribution in [2.75, 3.05) is 26.7 Å². The zero-order valence-corrected chi connectivity index (χ0v) is 23.8. The molecule has 4 rings (SSSR count). The lowest BCUT2D eigenvalue weighted by Crippen LogP contribution is -2.43. The molecule has 206 valence electrons. The second-order valence-corrected chi connectivity index (χ2v) is 11.8. The monoisotopic (exact) mass is 567 g/mol. The molecule has 1 amide bonds.